The van der Waals surface area contributed by atoms with Gasteiger partial charge in [-0.2, -0.15) is 20.1 Å². The van der Waals surface area contributed by atoms with E-state index in [1.54, 1.807) is 23.1 Å². The largest absolute Gasteiger partial charge is 0.354 e. The van der Waals surface area contributed by atoms with Gasteiger partial charge in [0.05, 0.1) is 0 Å². The molecule has 0 aliphatic rings. The minimum absolute atomic E-state index is 0.299. The molecule has 0 bridgehead atoms. The maximum atomic E-state index is 5.36. The summed E-state index contributed by atoms with van der Waals surface area (Å²) in [6.07, 6.45) is 4.45. The van der Waals surface area contributed by atoms with Gasteiger partial charge in [-0.3, -0.25) is 5.43 Å². The van der Waals surface area contributed by atoms with Crippen LogP contribution in [0, 0.1) is 5.92 Å². The average Bonchev–Trinajstić information content (AvgIpc) is 2.92. The van der Waals surface area contributed by atoms with Crippen LogP contribution in [-0.2, 0) is 0 Å². The predicted octanol–water partition coefficient (Wildman–Crippen LogP) is 0.801. The topological polar surface area (TPSA) is 107 Å². The lowest BCUT2D eigenvalue weighted by atomic mass is 10.1. The Hall–Kier alpha value is -2.22. The molecule has 0 fully saturated rings. The van der Waals surface area contributed by atoms with Crippen molar-refractivity contribution in [3.63, 3.8) is 0 Å². The fourth-order valence-corrected chi connectivity index (χ4v) is 1.47. The molecule has 0 aliphatic carbocycles. The zero-order chi connectivity index (χ0) is 13.7. The van der Waals surface area contributed by atoms with Gasteiger partial charge < -0.3 is 5.32 Å². The van der Waals surface area contributed by atoms with Gasteiger partial charge in [0, 0.05) is 18.9 Å². The molecule has 0 radical (unpaired) electrons. The maximum Gasteiger partial charge on any atom is 0.257 e. The Morgan fingerprint density at radius 3 is 2.68 bits per heavy atom. The molecule has 8 nitrogen and oxygen atoms in total. The lowest BCUT2D eigenvalue weighted by Crippen LogP contribution is -2.16. The highest BCUT2D eigenvalue weighted by Gasteiger charge is 2.07. The molecule has 4 N–H and O–H groups in total. The quantitative estimate of drug-likeness (QED) is 0.522. The van der Waals surface area contributed by atoms with Crippen LogP contribution in [0.25, 0.3) is 5.95 Å². The molecule has 2 aromatic rings. The van der Waals surface area contributed by atoms with Crippen molar-refractivity contribution in [1.29, 1.82) is 0 Å². The Morgan fingerprint density at radius 2 is 2.05 bits per heavy atom. The summed E-state index contributed by atoms with van der Waals surface area (Å²) in [6, 6.07) is 1.80. The number of aromatic nitrogens is 5. The number of nitrogen functional groups attached to an aromatic ring is 1. The summed E-state index contributed by atoms with van der Waals surface area (Å²) >= 11 is 0. The van der Waals surface area contributed by atoms with Gasteiger partial charge in [0.2, 0.25) is 11.9 Å². The van der Waals surface area contributed by atoms with Crippen LogP contribution in [0.5, 0.6) is 0 Å². The van der Waals surface area contributed by atoms with E-state index in [-0.39, 0.29) is 0 Å². The fraction of sp³-hybridized carbons (Fsp3) is 0.455. The Bertz CT molecular complexity index is 507. The molecule has 0 unspecified atom stereocenters. The molecule has 0 saturated heterocycles. The van der Waals surface area contributed by atoms with Crippen LogP contribution in [0.1, 0.15) is 20.3 Å². The predicted molar refractivity (Wildman–Crippen MR) is 72.7 cm³/mol. The summed E-state index contributed by atoms with van der Waals surface area (Å²) in [4.78, 5) is 12.6. The van der Waals surface area contributed by atoms with Crippen LogP contribution in [0.3, 0.4) is 0 Å². The van der Waals surface area contributed by atoms with Gasteiger partial charge in [0.1, 0.15) is 0 Å². The lowest BCUT2D eigenvalue weighted by molar-refractivity contribution is 0.605. The summed E-state index contributed by atoms with van der Waals surface area (Å²) in [5.41, 5.74) is 2.43. The zero-order valence-corrected chi connectivity index (χ0v) is 11.0. The molecule has 0 aliphatic heterocycles. The second-order valence-electron chi connectivity index (χ2n) is 4.49. The zero-order valence-electron chi connectivity index (χ0n) is 11.0. The standard InChI is InChI=1S/C11H18N8/c1-8(2)4-6-13-9-15-10(18-12)17-11(16-9)19-7-3-5-14-19/h3,5,7-8H,4,6,12H2,1-2H3,(H2,13,15,16,17,18). The molecule has 2 heterocycles. The Morgan fingerprint density at radius 1 is 1.26 bits per heavy atom. The van der Waals surface area contributed by atoms with Gasteiger partial charge in [-0.15, -0.1) is 0 Å². The molecule has 0 amide bonds. The summed E-state index contributed by atoms with van der Waals surface area (Å²) in [5.74, 6) is 7.17. The third-order valence-corrected chi connectivity index (χ3v) is 2.47. The third kappa shape index (κ3) is 3.62. The number of nitrogens with two attached hydrogens (primary N) is 1. The molecular formula is C11H18N8. The van der Waals surface area contributed by atoms with E-state index in [4.69, 9.17) is 5.84 Å². The minimum Gasteiger partial charge on any atom is -0.354 e. The second-order valence-corrected chi connectivity index (χ2v) is 4.49. The van der Waals surface area contributed by atoms with Gasteiger partial charge in [-0.1, -0.05) is 13.8 Å². The van der Waals surface area contributed by atoms with E-state index in [0.717, 1.165) is 13.0 Å². The van der Waals surface area contributed by atoms with Crippen molar-refractivity contribution in [3.05, 3.63) is 18.5 Å². The van der Waals surface area contributed by atoms with E-state index in [0.29, 0.717) is 23.8 Å². The van der Waals surface area contributed by atoms with Crippen molar-refractivity contribution in [2.24, 2.45) is 11.8 Å². The van der Waals surface area contributed by atoms with Crippen molar-refractivity contribution in [2.45, 2.75) is 20.3 Å². The van der Waals surface area contributed by atoms with Crippen molar-refractivity contribution < 1.29 is 0 Å². The van der Waals surface area contributed by atoms with Crippen LogP contribution >= 0.6 is 0 Å². The Labute approximate surface area is 111 Å². The number of anilines is 2. The molecule has 0 saturated carbocycles. The normalized spacial score (nSPS) is 10.7. The van der Waals surface area contributed by atoms with Crippen LogP contribution in [0.15, 0.2) is 18.5 Å². The number of hydrazine groups is 1. The minimum atomic E-state index is 0.299. The van der Waals surface area contributed by atoms with Gasteiger partial charge in [0.25, 0.3) is 5.95 Å². The second kappa shape index (κ2) is 6.10. The molecule has 0 atom stereocenters. The van der Waals surface area contributed by atoms with Crippen LogP contribution in [-0.4, -0.2) is 31.3 Å². The van der Waals surface area contributed by atoms with Gasteiger partial charge in [-0.05, 0) is 18.4 Å². The molecular weight excluding hydrogens is 244 g/mol. The van der Waals surface area contributed by atoms with Crippen molar-refractivity contribution in [3.8, 4) is 5.95 Å². The molecule has 19 heavy (non-hydrogen) atoms. The first kappa shape index (κ1) is 13.2. The number of nitrogens with one attached hydrogen (secondary N) is 2. The fourth-order valence-electron chi connectivity index (χ4n) is 1.47. The highest BCUT2D eigenvalue weighted by Crippen LogP contribution is 2.08. The molecule has 8 heteroatoms. The smallest absolute Gasteiger partial charge is 0.257 e. The Balaban J connectivity index is 2.16. The highest BCUT2D eigenvalue weighted by atomic mass is 15.4. The first-order valence-corrected chi connectivity index (χ1v) is 6.15. The van der Waals surface area contributed by atoms with E-state index < -0.39 is 0 Å². The number of nitrogens with zero attached hydrogens (tertiary/aromatic N) is 5. The third-order valence-electron chi connectivity index (χ3n) is 2.47. The average molecular weight is 262 g/mol. The Kier molecular flexibility index (Phi) is 4.24. The summed E-state index contributed by atoms with van der Waals surface area (Å²) in [7, 11) is 0. The molecule has 102 valence electrons. The summed E-state index contributed by atoms with van der Waals surface area (Å²) < 4.78 is 1.55. The lowest BCUT2D eigenvalue weighted by Gasteiger charge is -2.09. The van der Waals surface area contributed by atoms with Crippen LogP contribution < -0.4 is 16.6 Å². The van der Waals surface area contributed by atoms with E-state index >= 15 is 0 Å². The van der Waals surface area contributed by atoms with E-state index in [9.17, 15) is 0 Å². The number of hydrogen-bond donors (Lipinski definition) is 3. The molecule has 0 aromatic carbocycles. The van der Waals surface area contributed by atoms with E-state index in [1.807, 2.05) is 0 Å². The summed E-state index contributed by atoms with van der Waals surface area (Å²) in [5, 5.41) is 7.23. The van der Waals surface area contributed by atoms with Crippen LogP contribution in [0.2, 0.25) is 0 Å². The molecule has 0 spiro atoms. The number of rotatable bonds is 6. The first-order chi connectivity index (χ1) is 9.19. The van der Waals surface area contributed by atoms with Crippen molar-refractivity contribution in [1.82, 2.24) is 24.7 Å². The van der Waals surface area contributed by atoms with Crippen molar-refractivity contribution in [2.75, 3.05) is 17.3 Å². The summed E-state index contributed by atoms with van der Waals surface area (Å²) in [6.45, 7) is 5.12. The first-order valence-electron chi connectivity index (χ1n) is 6.15. The van der Waals surface area contributed by atoms with Gasteiger partial charge in [-0.25, -0.2) is 10.5 Å². The SMILES string of the molecule is CC(C)CCNc1nc(NN)nc(-n2cccn2)n1. The van der Waals surface area contributed by atoms with E-state index in [2.05, 4.69) is 44.6 Å². The van der Waals surface area contributed by atoms with Gasteiger partial charge in [0.15, 0.2) is 0 Å². The highest BCUT2D eigenvalue weighted by molar-refractivity contribution is 5.36. The van der Waals surface area contributed by atoms with Gasteiger partial charge >= 0.3 is 0 Å². The molecule has 2 aromatic heterocycles. The number of hydrogen-bond acceptors (Lipinski definition) is 7. The van der Waals surface area contributed by atoms with Crippen molar-refractivity contribution >= 4 is 11.9 Å². The monoisotopic (exact) mass is 262 g/mol. The van der Waals surface area contributed by atoms with Crippen LogP contribution in [0.4, 0.5) is 11.9 Å². The molecule has 2 rings (SSSR count). The maximum absolute atomic E-state index is 5.36. The van der Waals surface area contributed by atoms with E-state index in [1.165, 1.54) is 0 Å².